The summed E-state index contributed by atoms with van der Waals surface area (Å²) in [6, 6.07) is 15.5. The highest BCUT2D eigenvalue weighted by Gasteiger charge is 2.34. The van der Waals surface area contributed by atoms with Gasteiger partial charge in [0.25, 0.3) is 0 Å². The Labute approximate surface area is 203 Å². The molecule has 0 fully saturated rings. The van der Waals surface area contributed by atoms with Crippen molar-refractivity contribution in [3.8, 4) is 5.69 Å². The van der Waals surface area contributed by atoms with E-state index in [1.807, 2.05) is 0 Å². The number of aliphatic hydroxyl groups excluding tert-OH is 1. The van der Waals surface area contributed by atoms with E-state index in [1.54, 1.807) is 36.4 Å². The average Bonchev–Trinajstić information content (AvgIpc) is 3.16. The minimum Gasteiger partial charge on any atom is -0.465 e. The first-order chi connectivity index (χ1) is 16.0. The van der Waals surface area contributed by atoms with Gasteiger partial charge in [-0.25, -0.2) is 4.79 Å². The number of nitrogens with zero attached hydrogens (tertiary/aromatic N) is 1. The number of hydrogen-bond donors (Lipinski definition) is 1. The van der Waals surface area contributed by atoms with Crippen LogP contribution in [0.2, 0.25) is 10.0 Å². The molecule has 1 aromatic heterocycles. The third-order valence-electron chi connectivity index (χ3n) is 5.58. The molecule has 0 aliphatic rings. The molecule has 1 atom stereocenters. The van der Waals surface area contributed by atoms with Gasteiger partial charge in [0.15, 0.2) is 0 Å². The number of aryl methyl sites for hydroxylation is 1. The van der Waals surface area contributed by atoms with Gasteiger partial charge in [-0.2, -0.15) is 13.2 Å². The van der Waals surface area contributed by atoms with Crippen LogP contribution in [0, 0.1) is 6.92 Å². The lowest BCUT2D eigenvalue weighted by Crippen LogP contribution is -2.11. The second-order valence-corrected chi connectivity index (χ2v) is 8.47. The predicted octanol–water partition coefficient (Wildman–Crippen LogP) is 7.13. The van der Waals surface area contributed by atoms with Gasteiger partial charge < -0.3 is 14.4 Å². The highest BCUT2D eigenvalue weighted by atomic mass is 35.5. The zero-order valence-electron chi connectivity index (χ0n) is 18.0. The largest absolute Gasteiger partial charge is 0.465 e. The quantitative estimate of drug-likeness (QED) is 0.299. The van der Waals surface area contributed by atoms with Gasteiger partial charge in [-0.15, -0.1) is 0 Å². The zero-order valence-corrected chi connectivity index (χ0v) is 19.5. The summed E-state index contributed by atoms with van der Waals surface area (Å²) < 4.78 is 47.2. The molecule has 0 aliphatic carbocycles. The fourth-order valence-electron chi connectivity index (χ4n) is 4.00. The summed E-state index contributed by atoms with van der Waals surface area (Å²) >= 11 is 12.8. The minimum atomic E-state index is -4.55. The molecule has 0 spiro atoms. The van der Waals surface area contributed by atoms with Gasteiger partial charge in [0, 0.05) is 21.7 Å². The van der Waals surface area contributed by atoms with Crippen LogP contribution < -0.4 is 0 Å². The number of aromatic nitrogens is 1. The molecule has 4 nitrogen and oxygen atoms in total. The molecule has 0 bridgehead atoms. The van der Waals surface area contributed by atoms with Crippen LogP contribution >= 0.6 is 23.2 Å². The third kappa shape index (κ3) is 4.15. The topological polar surface area (TPSA) is 51.5 Å². The summed E-state index contributed by atoms with van der Waals surface area (Å²) in [6.07, 6.45) is -6.02. The number of carbonyl (C=O) groups is 1. The molecule has 0 aliphatic heterocycles. The molecule has 1 unspecified atom stereocenters. The minimum absolute atomic E-state index is 0.000177. The van der Waals surface area contributed by atoms with E-state index in [1.165, 1.54) is 36.8 Å². The Bertz CT molecular complexity index is 1400. The maximum Gasteiger partial charge on any atom is 0.416 e. The Hall–Kier alpha value is -3.00. The van der Waals surface area contributed by atoms with E-state index in [0.717, 1.165) is 6.07 Å². The monoisotopic (exact) mass is 507 g/mol. The predicted molar refractivity (Wildman–Crippen MR) is 125 cm³/mol. The number of ether oxygens (including phenoxy) is 1. The maximum absolute atomic E-state index is 13.7. The van der Waals surface area contributed by atoms with E-state index in [-0.39, 0.29) is 37.9 Å². The summed E-state index contributed by atoms with van der Waals surface area (Å²) in [6.45, 7) is 1.38. The first kappa shape index (κ1) is 24.1. The Balaban J connectivity index is 2.03. The van der Waals surface area contributed by atoms with Crippen molar-refractivity contribution >= 4 is 40.1 Å². The Morgan fingerprint density at radius 1 is 1.06 bits per heavy atom. The molecule has 9 heteroatoms. The molecule has 0 radical (unpaired) electrons. The second-order valence-electron chi connectivity index (χ2n) is 7.68. The number of fused-ring (bicyclic) bond motifs is 1. The highest BCUT2D eigenvalue weighted by Crippen LogP contribution is 2.41. The number of benzene rings is 3. The van der Waals surface area contributed by atoms with Crippen molar-refractivity contribution in [2.24, 2.45) is 0 Å². The molecule has 176 valence electrons. The van der Waals surface area contributed by atoms with Gasteiger partial charge in [0.05, 0.1) is 34.5 Å². The van der Waals surface area contributed by atoms with Gasteiger partial charge in [0.1, 0.15) is 6.10 Å². The molecule has 1 N–H and O–H groups in total. The summed E-state index contributed by atoms with van der Waals surface area (Å²) in [5.41, 5.74) is 0.314. The molecule has 4 aromatic rings. The van der Waals surface area contributed by atoms with Crippen molar-refractivity contribution in [1.82, 2.24) is 4.57 Å². The van der Waals surface area contributed by atoms with E-state index >= 15 is 0 Å². The highest BCUT2D eigenvalue weighted by molar-refractivity contribution is 6.38. The normalized spacial score (nSPS) is 12.7. The lowest BCUT2D eigenvalue weighted by atomic mass is 10.0. The number of halogens is 5. The number of carbonyl (C=O) groups excluding carboxylic acids is 1. The van der Waals surface area contributed by atoms with Crippen molar-refractivity contribution in [3.05, 3.63) is 98.7 Å². The molecular weight excluding hydrogens is 490 g/mol. The van der Waals surface area contributed by atoms with E-state index in [9.17, 15) is 23.1 Å². The van der Waals surface area contributed by atoms with Gasteiger partial charge in [-0.05, 0) is 55.0 Å². The Kier molecular flexibility index (Phi) is 6.38. The smallest absolute Gasteiger partial charge is 0.416 e. The van der Waals surface area contributed by atoms with Crippen LogP contribution in [0.1, 0.15) is 38.8 Å². The maximum atomic E-state index is 13.7. The number of rotatable bonds is 4. The molecular formula is C25H18Cl2F3NO3. The lowest BCUT2D eigenvalue weighted by Gasteiger charge is -2.19. The zero-order chi connectivity index (χ0) is 24.8. The van der Waals surface area contributed by atoms with Gasteiger partial charge >= 0.3 is 12.1 Å². The second kappa shape index (κ2) is 8.98. The van der Waals surface area contributed by atoms with Crippen molar-refractivity contribution < 1.29 is 27.8 Å². The van der Waals surface area contributed by atoms with Crippen molar-refractivity contribution in [2.75, 3.05) is 7.11 Å². The molecule has 34 heavy (non-hydrogen) atoms. The van der Waals surface area contributed by atoms with Crippen LogP contribution in [0.5, 0.6) is 0 Å². The SMILES string of the molecule is COC(=O)c1ccc(Cl)c(C(O)c2cc3cc(C)c(C(F)(F)F)cc3n2-c2ccccc2)c1Cl. The van der Waals surface area contributed by atoms with Gasteiger partial charge in [0.2, 0.25) is 0 Å². The van der Waals surface area contributed by atoms with E-state index in [0.29, 0.717) is 11.1 Å². The molecule has 0 saturated heterocycles. The molecule has 0 amide bonds. The van der Waals surface area contributed by atoms with E-state index in [4.69, 9.17) is 27.9 Å². The number of aliphatic hydroxyl groups is 1. The number of hydrogen-bond acceptors (Lipinski definition) is 3. The molecule has 4 rings (SSSR count). The fourth-order valence-corrected chi connectivity index (χ4v) is 4.65. The lowest BCUT2D eigenvalue weighted by molar-refractivity contribution is -0.137. The number of methoxy groups -OCH3 is 1. The van der Waals surface area contributed by atoms with Crippen molar-refractivity contribution in [2.45, 2.75) is 19.2 Å². The van der Waals surface area contributed by atoms with Crippen molar-refractivity contribution in [3.63, 3.8) is 0 Å². The van der Waals surface area contributed by atoms with Crippen LogP contribution in [0.3, 0.4) is 0 Å². The first-order valence-corrected chi connectivity index (χ1v) is 10.8. The van der Waals surface area contributed by atoms with E-state index < -0.39 is 23.8 Å². The summed E-state index contributed by atoms with van der Waals surface area (Å²) in [7, 11) is 1.19. The Morgan fingerprint density at radius 3 is 2.35 bits per heavy atom. The number of alkyl halides is 3. The number of para-hydroxylation sites is 1. The summed E-state index contributed by atoms with van der Waals surface area (Å²) in [4.78, 5) is 12.1. The summed E-state index contributed by atoms with van der Waals surface area (Å²) in [5, 5.41) is 11.9. The van der Waals surface area contributed by atoms with Crippen LogP contribution in [-0.2, 0) is 10.9 Å². The van der Waals surface area contributed by atoms with Crippen LogP contribution in [-0.4, -0.2) is 22.8 Å². The number of esters is 1. The third-order valence-corrected chi connectivity index (χ3v) is 6.32. The summed E-state index contributed by atoms with van der Waals surface area (Å²) in [5.74, 6) is -0.718. The van der Waals surface area contributed by atoms with Crippen LogP contribution in [0.4, 0.5) is 13.2 Å². The van der Waals surface area contributed by atoms with Gasteiger partial charge in [-0.3, -0.25) is 0 Å². The standard InChI is InChI=1S/C25H18Cl2F3NO3/c1-13-10-14-11-20(23(32)21-18(26)9-8-16(22(21)27)24(33)34-2)31(15-6-4-3-5-7-15)19(14)12-17(13)25(28,29)30/h3-12,23,32H,1-2H3. The van der Waals surface area contributed by atoms with Gasteiger partial charge in [-0.1, -0.05) is 41.4 Å². The van der Waals surface area contributed by atoms with Crippen LogP contribution in [0.25, 0.3) is 16.6 Å². The molecule has 1 heterocycles. The Morgan fingerprint density at radius 2 is 1.74 bits per heavy atom. The average molecular weight is 508 g/mol. The van der Waals surface area contributed by atoms with E-state index in [2.05, 4.69) is 0 Å². The first-order valence-electron chi connectivity index (χ1n) is 10.1. The van der Waals surface area contributed by atoms with Crippen molar-refractivity contribution in [1.29, 1.82) is 0 Å². The molecule has 0 saturated carbocycles. The fraction of sp³-hybridized carbons (Fsp3) is 0.160. The van der Waals surface area contributed by atoms with Crippen LogP contribution in [0.15, 0.2) is 60.7 Å². The molecule has 3 aromatic carbocycles.